The lowest BCUT2D eigenvalue weighted by Crippen LogP contribution is -2.07. The molecule has 1 N–H and O–H groups in total. The molecule has 3 nitrogen and oxygen atoms in total. The average Bonchev–Trinajstić information content (AvgIpc) is 2.57. The average molecular weight is 203 g/mol. The van der Waals surface area contributed by atoms with E-state index in [2.05, 4.69) is 42.5 Å². The first-order valence-electron chi connectivity index (χ1n) is 5.32. The van der Waals surface area contributed by atoms with Crippen molar-refractivity contribution in [2.75, 3.05) is 11.9 Å². The van der Waals surface area contributed by atoms with Crippen molar-refractivity contribution in [3.63, 3.8) is 0 Å². The van der Waals surface area contributed by atoms with Gasteiger partial charge in [-0.3, -0.25) is 4.68 Å². The van der Waals surface area contributed by atoms with E-state index < -0.39 is 0 Å². The standard InChI is InChI=1S/C12H17N3/c1-9(2)7-13-11-4-5-12-10(6-11)8-14-15(12)3/h4-6,8-9,13H,7H2,1-3H3. The summed E-state index contributed by atoms with van der Waals surface area (Å²) in [5.74, 6) is 0.662. The summed E-state index contributed by atoms with van der Waals surface area (Å²) in [6.07, 6.45) is 1.90. The summed E-state index contributed by atoms with van der Waals surface area (Å²) in [5.41, 5.74) is 2.34. The van der Waals surface area contributed by atoms with Crippen LogP contribution < -0.4 is 5.32 Å². The highest BCUT2D eigenvalue weighted by atomic mass is 15.2. The van der Waals surface area contributed by atoms with E-state index in [-0.39, 0.29) is 0 Å². The molecule has 0 saturated heterocycles. The second kappa shape index (κ2) is 3.93. The molecule has 0 saturated carbocycles. The number of anilines is 1. The maximum absolute atomic E-state index is 4.22. The largest absolute Gasteiger partial charge is 0.385 e. The maximum Gasteiger partial charge on any atom is 0.0680 e. The van der Waals surface area contributed by atoms with Gasteiger partial charge in [-0.25, -0.2) is 0 Å². The Hall–Kier alpha value is -1.51. The Morgan fingerprint density at radius 3 is 2.93 bits per heavy atom. The van der Waals surface area contributed by atoms with E-state index in [1.165, 1.54) is 16.6 Å². The van der Waals surface area contributed by atoms with Gasteiger partial charge in [0.1, 0.15) is 0 Å². The third-order valence-electron chi connectivity index (χ3n) is 2.46. The minimum atomic E-state index is 0.662. The molecule has 0 unspecified atom stereocenters. The molecule has 0 fully saturated rings. The van der Waals surface area contributed by atoms with Crippen LogP contribution in [0, 0.1) is 5.92 Å². The van der Waals surface area contributed by atoms with E-state index in [1.54, 1.807) is 0 Å². The third kappa shape index (κ3) is 2.12. The quantitative estimate of drug-likeness (QED) is 0.831. The molecule has 1 heterocycles. The topological polar surface area (TPSA) is 29.9 Å². The molecule has 0 aliphatic rings. The number of fused-ring (bicyclic) bond motifs is 1. The first-order valence-corrected chi connectivity index (χ1v) is 5.32. The van der Waals surface area contributed by atoms with Crippen molar-refractivity contribution < 1.29 is 0 Å². The molecule has 2 aromatic rings. The van der Waals surface area contributed by atoms with Crippen LogP contribution in [-0.2, 0) is 7.05 Å². The predicted octanol–water partition coefficient (Wildman–Crippen LogP) is 2.64. The number of nitrogens with zero attached hydrogens (tertiary/aromatic N) is 2. The van der Waals surface area contributed by atoms with Gasteiger partial charge in [-0.2, -0.15) is 5.10 Å². The van der Waals surface area contributed by atoms with Gasteiger partial charge < -0.3 is 5.32 Å². The van der Waals surface area contributed by atoms with Gasteiger partial charge in [0.2, 0.25) is 0 Å². The fraction of sp³-hybridized carbons (Fsp3) is 0.417. The van der Waals surface area contributed by atoms with Gasteiger partial charge in [0.15, 0.2) is 0 Å². The van der Waals surface area contributed by atoms with E-state index in [0.29, 0.717) is 5.92 Å². The molecule has 0 aliphatic carbocycles. The molecule has 0 amide bonds. The molecule has 0 aliphatic heterocycles. The van der Waals surface area contributed by atoms with Crippen molar-refractivity contribution in [1.82, 2.24) is 9.78 Å². The third-order valence-corrected chi connectivity index (χ3v) is 2.46. The SMILES string of the molecule is CC(C)CNc1ccc2c(cnn2C)c1. The zero-order valence-electron chi connectivity index (χ0n) is 9.49. The second-order valence-corrected chi connectivity index (χ2v) is 4.32. The van der Waals surface area contributed by atoms with Gasteiger partial charge in [0, 0.05) is 24.7 Å². The molecule has 0 atom stereocenters. The van der Waals surface area contributed by atoms with Crippen LogP contribution >= 0.6 is 0 Å². The van der Waals surface area contributed by atoms with E-state index in [4.69, 9.17) is 0 Å². The highest BCUT2D eigenvalue weighted by Gasteiger charge is 2.00. The molecule has 1 aromatic heterocycles. The van der Waals surface area contributed by atoms with E-state index in [9.17, 15) is 0 Å². The molecule has 80 valence electrons. The molecular weight excluding hydrogens is 186 g/mol. The van der Waals surface area contributed by atoms with Crippen LogP contribution in [-0.4, -0.2) is 16.3 Å². The van der Waals surface area contributed by atoms with Gasteiger partial charge in [-0.15, -0.1) is 0 Å². The minimum Gasteiger partial charge on any atom is -0.385 e. The van der Waals surface area contributed by atoms with Gasteiger partial charge in [0.25, 0.3) is 0 Å². The highest BCUT2D eigenvalue weighted by Crippen LogP contribution is 2.18. The Balaban J connectivity index is 2.23. The number of nitrogens with one attached hydrogen (secondary N) is 1. The highest BCUT2D eigenvalue weighted by molar-refractivity contribution is 5.82. The van der Waals surface area contributed by atoms with Crippen LogP contribution in [0.5, 0.6) is 0 Å². The lowest BCUT2D eigenvalue weighted by atomic mass is 10.2. The molecule has 1 aromatic carbocycles. The van der Waals surface area contributed by atoms with Crippen molar-refractivity contribution in [1.29, 1.82) is 0 Å². The lowest BCUT2D eigenvalue weighted by molar-refractivity contribution is 0.689. The summed E-state index contributed by atoms with van der Waals surface area (Å²) in [6.45, 7) is 5.41. The van der Waals surface area contributed by atoms with Crippen molar-refractivity contribution in [3.05, 3.63) is 24.4 Å². The zero-order chi connectivity index (χ0) is 10.8. The number of rotatable bonds is 3. The van der Waals surface area contributed by atoms with E-state index in [1.807, 2.05) is 17.9 Å². The van der Waals surface area contributed by atoms with Crippen LogP contribution in [0.3, 0.4) is 0 Å². The Morgan fingerprint density at radius 2 is 2.20 bits per heavy atom. The maximum atomic E-state index is 4.22. The van der Waals surface area contributed by atoms with Gasteiger partial charge >= 0.3 is 0 Å². The van der Waals surface area contributed by atoms with Crippen molar-refractivity contribution in [2.24, 2.45) is 13.0 Å². The lowest BCUT2D eigenvalue weighted by Gasteiger charge is -2.08. The van der Waals surface area contributed by atoms with E-state index in [0.717, 1.165) is 6.54 Å². The molecule has 3 heteroatoms. The summed E-state index contributed by atoms with van der Waals surface area (Å²) in [6, 6.07) is 6.35. The Labute approximate surface area is 90.1 Å². The number of benzene rings is 1. The molecule has 15 heavy (non-hydrogen) atoms. The fourth-order valence-corrected chi connectivity index (χ4v) is 1.60. The van der Waals surface area contributed by atoms with Crippen LogP contribution in [0.25, 0.3) is 10.9 Å². The van der Waals surface area contributed by atoms with Gasteiger partial charge in [0.05, 0.1) is 11.7 Å². The Bertz CT molecular complexity index is 457. The fourth-order valence-electron chi connectivity index (χ4n) is 1.60. The number of hydrogen-bond donors (Lipinski definition) is 1. The number of hydrogen-bond acceptors (Lipinski definition) is 2. The summed E-state index contributed by atoms with van der Waals surface area (Å²) in [5, 5.41) is 8.82. The zero-order valence-corrected chi connectivity index (χ0v) is 9.49. The molecule has 0 radical (unpaired) electrons. The first kappa shape index (κ1) is 10.0. The Kier molecular flexibility index (Phi) is 2.62. The van der Waals surface area contributed by atoms with Crippen molar-refractivity contribution in [3.8, 4) is 0 Å². The van der Waals surface area contributed by atoms with Crippen LogP contribution in [0.15, 0.2) is 24.4 Å². The summed E-state index contributed by atoms with van der Waals surface area (Å²) in [7, 11) is 1.96. The summed E-state index contributed by atoms with van der Waals surface area (Å²) >= 11 is 0. The van der Waals surface area contributed by atoms with Crippen LogP contribution in [0.2, 0.25) is 0 Å². The normalized spacial score (nSPS) is 11.2. The minimum absolute atomic E-state index is 0.662. The van der Waals surface area contributed by atoms with Crippen LogP contribution in [0.1, 0.15) is 13.8 Å². The predicted molar refractivity (Wildman–Crippen MR) is 64.0 cm³/mol. The van der Waals surface area contributed by atoms with Crippen molar-refractivity contribution in [2.45, 2.75) is 13.8 Å². The van der Waals surface area contributed by atoms with Crippen LogP contribution in [0.4, 0.5) is 5.69 Å². The molecule has 0 bridgehead atoms. The van der Waals surface area contributed by atoms with Gasteiger partial charge in [-0.1, -0.05) is 13.8 Å². The first-order chi connectivity index (χ1) is 7.16. The molecular formula is C12H17N3. The summed E-state index contributed by atoms with van der Waals surface area (Å²) in [4.78, 5) is 0. The van der Waals surface area contributed by atoms with Crippen molar-refractivity contribution >= 4 is 16.6 Å². The molecule has 2 rings (SSSR count). The number of aromatic nitrogens is 2. The van der Waals surface area contributed by atoms with E-state index >= 15 is 0 Å². The smallest absolute Gasteiger partial charge is 0.0680 e. The molecule has 0 spiro atoms. The number of aryl methyl sites for hydroxylation is 1. The monoisotopic (exact) mass is 203 g/mol. The Morgan fingerprint density at radius 1 is 1.40 bits per heavy atom. The summed E-state index contributed by atoms with van der Waals surface area (Å²) < 4.78 is 1.89. The van der Waals surface area contributed by atoms with Gasteiger partial charge in [-0.05, 0) is 24.1 Å². The second-order valence-electron chi connectivity index (χ2n) is 4.32.